The fraction of sp³-hybridized carbons (Fsp3) is 0.143. The van der Waals surface area contributed by atoms with Crippen molar-refractivity contribution in [2.45, 2.75) is 13.8 Å². The van der Waals surface area contributed by atoms with Crippen LogP contribution >= 0.6 is 34.5 Å². The van der Waals surface area contributed by atoms with E-state index in [0.717, 1.165) is 21.8 Å². The maximum absolute atomic E-state index is 11.5. The standard InChI is InChI=1S/C14H10Cl2N2OS/c1-7-8(2)20-14-17-13(12(6-19)18(7)14)10-4-3-9(15)5-11(10)16/h3-6H,1-2H3. The molecule has 102 valence electrons. The zero-order valence-corrected chi connectivity index (χ0v) is 13.1. The Kier molecular flexibility index (Phi) is 3.32. The first kappa shape index (κ1) is 13.6. The van der Waals surface area contributed by atoms with Gasteiger partial charge >= 0.3 is 0 Å². The third-order valence-corrected chi connectivity index (χ3v) is 4.88. The summed E-state index contributed by atoms with van der Waals surface area (Å²) in [6.45, 7) is 3.99. The molecule has 0 aliphatic rings. The number of carbonyl (C=O) groups is 1. The van der Waals surface area contributed by atoms with Gasteiger partial charge in [0.1, 0.15) is 11.4 Å². The van der Waals surface area contributed by atoms with Crippen molar-refractivity contribution in [1.82, 2.24) is 9.38 Å². The maximum Gasteiger partial charge on any atom is 0.195 e. The van der Waals surface area contributed by atoms with Crippen LogP contribution in [0, 0.1) is 13.8 Å². The van der Waals surface area contributed by atoms with Gasteiger partial charge in [-0.3, -0.25) is 9.20 Å². The molecular weight excluding hydrogens is 315 g/mol. The van der Waals surface area contributed by atoms with Crippen LogP contribution in [0.2, 0.25) is 10.0 Å². The van der Waals surface area contributed by atoms with E-state index < -0.39 is 0 Å². The highest BCUT2D eigenvalue weighted by Gasteiger charge is 2.19. The molecule has 1 aromatic carbocycles. The van der Waals surface area contributed by atoms with Crippen molar-refractivity contribution in [1.29, 1.82) is 0 Å². The molecule has 3 rings (SSSR count). The Morgan fingerprint density at radius 3 is 2.70 bits per heavy atom. The second kappa shape index (κ2) is 4.88. The van der Waals surface area contributed by atoms with E-state index in [1.807, 2.05) is 18.2 Å². The number of aldehydes is 1. The first-order chi connectivity index (χ1) is 9.52. The molecule has 3 nitrogen and oxygen atoms in total. The average molecular weight is 325 g/mol. The van der Waals surface area contributed by atoms with Gasteiger partial charge in [0.15, 0.2) is 11.2 Å². The van der Waals surface area contributed by atoms with Gasteiger partial charge in [-0.05, 0) is 32.0 Å². The molecule has 0 aliphatic heterocycles. The van der Waals surface area contributed by atoms with E-state index in [0.29, 0.717) is 27.0 Å². The van der Waals surface area contributed by atoms with Crippen molar-refractivity contribution in [3.05, 3.63) is 44.5 Å². The molecule has 0 unspecified atom stereocenters. The molecular formula is C14H10Cl2N2OS. The summed E-state index contributed by atoms with van der Waals surface area (Å²) >= 11 is 13.7. The van der Waals surface area contributed by atoms with Gasteiger partial charge in [0.2, 0.25) is 0 Å². The number of imidazole rings is 1. The minimum Gasteiger partial charge on any atom is -0.296 e. The Balaban J connectivity index is 2.34. The summed E-state index contributed by atoms with van der Waals surface area (Å²) in [7, 11) is 0. The van der Waals surface area contributed by atoms with Crippen LogP contribution in [-0.2, 0) is 0 Å². The number of halogens is 2. The number of fused-ring (bicyclic) bond motifs is 1. The third kappa shape index (κ3) is 1.95. The van der Waals surface area contributed by atoms with E-state index in [2.05, 4.69) is 4.98 Å². The Bertz CT molecular complexity index is 835. The van der Waals surface area contributed by atoms with Crippen LogP contribution < -0.4 is 0 Å². The first-order valence-corrected chi connectivity index (χ1v) is 7.49. The molecule has 0 saturated carbocycles. The Labute approximate surface area is 129 Å². The number of aryl methyl sites for hydroxylation is 2. The molecule has 0 bridgehead atoms. The maximum atomic E-state index is 11.5. The van der Waals surface area contributed by atoms with Crippen LogP contribution in [0.4, 0.5) is 0 Å². The van der Waals surface area contributed by atoms with Crippen LogP contribution in [0.3, 0.4) is 0 Å². The number of nitrogens with zero attached hydrogens (tertiary/aromatic N) is 2. The molecule has 2 aromatic heterocycles. The van der Waals surface area contributed by atoms with Gasteiger partial charge in [0, 0.05) is 21.2 Å². The van der Waals surface area contributed by atoms with Gasteiger partial charge in [0.25, 0.3) is 0 Å². The molecule has 0 saturated heterocycles. The summed E-state index contributed by atoms with van der Waals surface area (Å²) in [6, 6.07) is 5.17. The second-order valence-corrected chi connectivity index (χ2v) is 6.47. The summed E-state index contributed by atoms with van der Waals surface area (Å²) in [4.78, 5) is 18.0. The van der Waals surface area contributed by atoms with Crippen molar-refractivity contribution in [2.75, 3.05) is 0 Å². The largest absolute Gasteiger partial charge is 0.296 e. The first-order valence-electron chi connectivity index (χ1n) is 5.92. The molecule has 0 fully saturated rings. The van der Waals surface area contributed by atoms with E-state index in [1.165, 1.54) is 0 Å². The van der Waals surface area contributed by atoms with E-state index in [9.17, 15) is 4.79 Å². The summed E-state index contributed by atoms with van der Waals surface area (Å²) in [5.41, 5.74) is 2.85. The Morgan fingerprint density at radius 1 is 1.30 bits per heavy atom. The van der Waals surface area contributed by atoms with Gasteiger partial charge in [-0.1, -0.05) is 23.2 Å². The van der Waals surface area contributed by atoms with Crippen LogP contribution in [0.25, 0.3) is 16.2 Å². The van der Waals surface area contributed by atoms with Crippen LogP contribution in [0.5, 0.6) is 0 Å². The highest BCUT2D eigenvalue weighted by atomic mass is 35.5. The SMILES string of the molecule is Cc1sc2nc(-c3ccc(Cl)cc3Cl)c(C=O)n2c1C. The number of benzene rings is 1. The van der Waals surface area contributed by atoms with Gasteiger partial charge in [0.05, 0.1) is 5.02 Å². The van der Waals surface area contributed by atoms with Crippen molar-refractivity contribution < 1.29 is 4.79 Å². The number of hydrogen-bond donors (Lipinski definition) is 0. The number of aromatic nitrogens is 2. The van der Waals surface area contributed by atoms with E-state index in [1.54, 1.807) is 29.5 Å². The van der Waals surface area contributed by atoms with Crippen molar-refractivity contribution >= 4 is 45.8 Å². The Hall–Kier alpha value is -1.36. The molecule has 0 spiro atoms. The summed E-state index contributed by atoms with van der Waals surface area (Å²) in [5, 5.41) is 1.04. The van der Waals surface area contributed by atoms with Crippen molar-refractivity contribution in [3.8, 4) is 11.3 Å². The highest BCUT2D eigenvalue weighted by Crippen LogP contribution is 2.34. The normalized spacial score (nSPS) is 11.2. The minimum absolute atomic E-state index is 0.487. The van der Waals surface area contributed by atoms with E-state index in [-0.39, 0.29) is 0 Å². The van der Waals surface area contributed by atoms with Gasteiger partial charge in [-0.15, -0.1) is 11.3 Å². The predicted molar refractivity (Wildman–Crippen MR) is 83.4 cm³/mol. The average Bonchev–Trinajstić information content (AvgIpc) is 2.87. The third-order valence-electron chi connectivity index (χ3n) is 3.27. The lowest BCUT2D eigenvalue weighted by atomic mass is 10.1. The predicted octanol–water partition coefficient (Wildman–Crippen LogP) is 4.80. The molecule has 0 atom stereocenters. The lowest BCUT2D eigenvalue weighted by molar-refractivity contribution is 0.111. The van der Waals surface area contributed by atoms with Crippen molar-refractivity contribution in [2.24, 2.45) is 0 Å². The summed E-state index contributed by atoms with van der Waals surface area (Å²) in [6.07, 6.45) is 0.819. The number of carbonyl (C=O) groups excluding carboxylic acids is 1. The Morgan fingerprint density at radius 2 is 2.05 bits per heavy atom. The number of rotatable bonds is 2. The lowest BCUT2D eigenvalue weighted by Gasteiger charge is -2.03. The molecule has 20 heavy (non-hydrogen) atoms. The molecule has 0 amide bonds. The number of thiazole rings is 1. The van der Waals surface area contributed by atoms with Crippen LogP contribution in [0.15, 0.2) is 18.2 Å². The summed E-state index contributed by atoms with van der Waals surface area (Å²) < 4.78 is 1.87. The number of hydrogen-bond acceptors (Lipinski definition) is 3. The topological polar surface area (TPSA) is 34.4 Å². The fourth-order valence-electron chi connectivity index (χ4n) is 2.16. The molecule has 3 aromatic rings. The van der Waals surface area contributed by atoms with Crippen LogP contribution in [0.1, 0.15) is 21.1 Å². The molecule has 6 heteroatoms. The smallest absolute Gasteiger partial charge is 0.195 e. The zero-order valence-electron chi connectivity index (χ0n) is 10.8. The van der Waals surface area contributed by atoms with Gasteiger partial charge in [-0.2, -0.15) is 0 Å². The molecule has 2 heterocycles. The monoisotopic (exact) mass is 324 g/mol. The fourth-order valence-corrected chi connectivity index (χ4v) is 3.64. The van der Waals surface area contributed by atoms with Gasteiger partial charge < -0.3 is 0 Å². The van der Waals surface area contributed by atoms with Crippen LogP contribution in [-0.4, -0.2) is 15.7 Å². The zero-order chi connectivity index (χ0) is 14.4. The lowest BCUT2D eigenvalue weighted by Crippen LogP contribution is -1.94. The quantitative estimate of drug-likeness (QED) is 0.634. The molecule has 0 N–H and O–H groups in total. The minimum atomic E-state index is 0.487. The summed E-state index contributed by atoms with van der Waals surface area (Å²) in [5.74, 6) is 0. The highest BCUT2D eigenvalue weighted by molar-refractivity contribution is 7.17. The molecule has 0 aliphatic carbocycles. The second-order valence-electron chi connectivity index (χ2n) is 4.45. The molecule has 0 radical (unpaired) electrons. The van der Waals surface area contributed by atoms with E-state index in [4.69, 9.17) is 23.2 Å². The van der Waals surface area contributed by atoms with Crippen molar-refractivity contribution in [3.63, 3.8) is 0 Å². The van der Waals surface area contributed by atoms with E-state index >= 15 is 0 Å². The van der Waals surface area contributed by atoms with Gasteiger partial charge in [-0.25, -0.2) is 4.98 Å².